The molecule has 1 aromatic heterocycles. The van der Waals surface area contributed by atoms with Crippen LogP contribution < -0.4 is 0 Å². The molecule has 0 unspecified atom stereocenters. The molecule has 0 radical (unpaired) electrons. The zero-order chi connectivity index (χ0) is 22.8. The number of hydrogen-bond acceptors (Lipinski definition) is 5. The summed E-state index contributed by atoms with van der Waals surface area (Å²) < 4.78 is 69.6. The van der Waals surface area contributed by atoms with E-state index in [1.807, 2.05) is 0 Å². The van der Waals surface area contributed by atoms with E-state index in [4.69, 9.17) is 4.42 Å². The first-order valence-electron chi connectivity index (χ1n) is 9.24. The van der Waals surface area contributed by atoms with E-state index in [0.29, 0.717) is 0 Å². The first-order chi connectivity index (χ1) is 14.5. The highest BCUT2D eigenvalue weighted by Gasteiger charge is 2.33. The van der Waals surface area contributed by atoms with Gasteiger partial charge in [-0.25, -0.2) is 8.42 Å². The molecule has 0 bridgehead atoms. The van der Waals surface area contributed by atoms with Crippen molar-refractivity contribution in [2.45, 2.75) is 11.1 Å². The van der Waals surface area contributed by atoms with Crippen LogP contribution in [-0.2, 0) is 21.0 Å². The fourth-order valence-corrected chi connectivity index (χ4v) is 4.53. The molecular formula is C19H20F3N3O5S. The smallest absolute Gasteiger partial charge is 0.416 e. The number of furan rings is 1. The first-order valence-corrected chi connectivity index (χ1v) is 10.7. The predicted octanol–water partition coefficient (Wildman–Crippen LogP) is 1.90. The number of carbonyl (C=O) groups excluding carboxylic acids is 2. The molecule has 0 saturated carbocycles. The molecular weight excluding hydrogens is 439 g/mol. The summed E-state index contributed by atoms with van der Waals surface area (Å²) in [6.45, 7) is -0.0238. The Morgan fingerprint density at radius 1 is 1.06 bits per heavy atom. The van der Waals surface area contributed by atoms with E-state index in [2.05, 4.69) is 0 Å². The van der Waals surface area contributed by atoms with Crippen molar-refractivity contribution in [1.82, 2.24) is 14.1 Å². The maximum absolute atomic E-state index is 12.7. The molecule has 31 heavy (non-hydrogen) atoms. The van der Waals surface area contributed by atoms with Gasteiger partial charge in [0, 0.05) is 33.2 Å². The molecule has 3 rings (SSSR count). The molecule has 1 fully saturated rings. The number of halogens is 3. The number of alkyl halides is 3. The van der Waals surface area contributed by atoms with Crippen molar-refractivity contribution in [3.05, 3.63) is 54.0 Å². The van der Waals surface area contributed by atoms with E-state index in [-0.39, 0.29) is 49.3 Å². The third-order valence-corrected chi connectivity index (χ3v) is 6.77. The lowest BCUT2D eigenvalue weighted by Crippen LogP contribution is -2.52. The van der Waals surface area contributed by atoms with Gasteiger partial charge < -0.3 is 14.2 Å². The number of piperazine rings is 1. The van der Waals surface area contributed by atoms with E-state index in [1.165, 1.54) is 29.2 Å². The molecule has 1 saturated heterocycles. The zero-order valence-electron chi connectivity index (χ0n) is 16.5. The van der Waals surface area contributed by atoms with Gasteiger partial charge in [-0.3, -0.25) is 9.59 Å². The van der Waals surface area contributed by atoms with Gasteiger partial charge in [0.2, 0.25) is 15.9 Å². The largest absolute Gasteiger partial charge is 0.459 e. The highest BCUT2D eigenvalue weighted by Crippen LogP contribution is 2.30. The normalized spacial score (nSPS) is 15.7. The maximum Gasteiger partial charge on any atom is 0.416 e. The fraction of sp³-hybridized carbons (Fsp3) is 0.368. The lowest BCUT2D eigenvalue weighted by molar-refractivity contribution is -0.137. The summed E-state index contributed by atoms with van der Waals surface area (Å²) in [6, 6.07) is 6.32. The Morgan fingerprint density at radius 3 is 2.19 bits per heavy atom. The van der Waals surface area contributed by atoms with Crippen molar-refractivity contribution in [3.63, 3.8) is 0 Å². The van der Waals surface area contributed by atoms with Crippen LogP contribution in [-0.4, -0.2) is 74.1 Å². The van der Waals surface area contributed by atoms with Crippen LogP contribution in [0.1, 0.15) is 16.1 Å². The minimum absolute atomic E-state index is 0.00899. The molecule has 0 spiro atoms. The summed E-state index contributed by atoms with van der Waals surface area (Å²) in [5.41, 5.74) is -0.935. The van der Waals surface area contributed by atoms with Crippen molar-refractivity contribution >= 4 is 21.8 Å². The predicted molar refractivity (Wildman–Crippen MR) is 102 cm³/mol. The Bertz CT molecular complexity index is 1030. The minimum Gasteiger partial charge on any atom is -0.459 e. The molecule has 2 heterocycles. The average molecular weight is 459 g/mol. The standard InChI is InChI=1S/C19H20F3N3O5S/c1-23(18(27)16-3-2-12-30-16)13-17(26)24-8-10-25(11-9-24)31(28,29)15-6-4-14(5-7-15)19(20,21)22/h2-7,12H,8-11,13H2,1H3. The van der Waals surface area contributed by atoms with Gasteiger partial charge in [-0.1, -0.05) is 0 Å². The van der Waals surface area contributed by atoms with Gasteiger partial charge in [-0.2, -0.15) is 17.5 Å². The number of likely N-dealkylation sites (N-methyl/N-ethyl adjacent to an activating group) is 1. The van der Waals surface area contributed by atoms with Gasteiger partial charge >= 0.3 is 6.18 Å². The van der Waals surface area contributed by atoms with E-state index in [0.717, 1.165) is 28.6 Å². The molecule has 12 heteroatoms. The highest BCUT2D eigenvalue weighted by molar-refractivity contribution is 7.89. The summed E-state index contributed by atoms with van der Waals surface area (Å²) in [6.07, 6.45) is -3.21. The van der Waals surface area contributed by atoms with Crippen LogP contribution in [0.2, 0.25) is 0 Å². The summed E-state index contributed by atoms with van der Waals surface area (Å²) in [5, 5.41) is 0. The Balaban J connectivity index is 1.58. The first kappa shape index (κ1) is 22.8. The van der Waals surface area contributed by atoms with Gasteiger partial charge in [-0.15, -0.1) is 0 Å². The van der Waals surface area contributed by atoms with Gasteiger partial charge in [0.05, 0.1) is 23.3 Å². The average Bonchev–Trinajstić information content (AvgIpc) is 3.27. The third kappa shape index (κ3) is 5.07. The van der Waals surface area contributed by atoms with Crippen LogP contribution >= 0.6 is 0 Å². The molecule has 0 atom stereocenters. The lowest BCUT2D eigenvalue weighted by Gasteiger charge is -2.34. The summed E-state index contributed by atoms with van der Waals surface area (Å²) >= 11 is 0. The summed E-state index contributed by atoms with van der Waals surface area (Å²) in [7, 11) is -2.54. The molecule has 1 aliphatic heterocycles. The lowest BCUT2D eigenvalue weighted by atomic mass is 10.2. The van der Waals surface area contributed by atoms with Crippen molar-refractivity contribution in [1.29, 1.82) is 0 Å². The molecule has 2 amide bonds. The second-order valence-corrected chi connectivity index (χ2v) is 8.88. The number of rotatable bonds is 5. The Hall–Kier alpha value is -2.86. The highest BCUT2D eigenvalue weighted by atomic mass is 32.2. The molecule has 2 aromatic rings. The van der Waals surface area contributed by atoms with Gasteiger partial charge in [0.25, 0.3) is 5.91 Å². The van der Waals surface area contributed by atoms with Gasteiger partial charge in [-0.05, 0) is 36.4 Å². The Labute approximate surface area is 176 Å². The second-order valence-electron chi connectivity index (χ2n) is 6.95. The van der Waals surface area contributed by atoms with Crippen molar-refractivity contribution in [2.75, 3.05) is 39.8 Å². The molecule has 1 aliphatic rings. The number of benzene rings is 1. The maximum atomic E-state index is 12.7. The van der Waals surface area contributed by atoms with Crippen molar-refractivity contribution < 1.29 is 35.6 Å². The van der Waals surface area contributed by atoms with E-state index in [9.17, 15) is 31.2 Å². The van der Waals surface area contributed by atoms with Crippen LogP contribution in [0.4, 0.5) is 13.2 Å². The monoisotopic (exact) mass is 459 g/mol. The fourth-order valence-electron chi connectivity index (χ4n) is 3.11. The molecule has 8 nitrogen and oxygen atoms in total. The van der Waals surface area contributed by atoms with Crippen LogP contribution in [0, 0.1) is 0 Å². The zero-order valence-corrected chi connectivity index (χ0v) is 17.3. The number of sulfonamides is 1. The third-order valence-electron chi connectivity index (χ3n) is 4.86. The van der Waals surface area contributed by atoms with E-state index in [1.54, 1.807) is 6.07 Å². The second kappa shape index (κ2) is 8.71. The summed E-state index contributed by atoms with van der Waals surface area (Å²) in [4.78, 5) is 27.0. The quantitative estimate of drug-likeness (QED) is 0.681. The Morgan fingerprint density at radius 2 is 1.68 bits per heavy atom. The Kier molecular flexibility index (Phi) is 6.41. The number of nitrogens with zero attached hydrogens (tertiary/aromatic N) is 3. The van der Waals surface area contributed by atoms with Crippen molar-refractivity contribution in [3.8, 4) is 0 Å². The van der Waals surface area contributed by atoms with Crippen LogP contribution in [0.5, 0.6) is 0 Å². The van der Waals surface area contributed by atoms with E-state index >= 15 is 0 Å². The SMILES string of the molecule is CN(CC(=O)N1CCN(S(=O)(=O)c2ccc(C(F)(F)F)cc2)CC1)C(=O)c1ccco1. The molecule has 168 valence electrons. The van der Waals surface area contributed by atoms with Crippen molar-refractivity contribution in [2.24, 2.45) is 0 Å². The van der Waals surface area contributed by atoms with Crippen LogP contribution in [0.15, 0.2) is 52.0 Å². The summed E-state index contributed by atoms with van der Waals surface area (Å²) in [5.74, 6) is -0.710. The van der Waals surface area contributed by atoms with Crippen LogP contribution in [0.25, 0.3) is 0 Å². The van der Waals surface area contributed by atoms with Crippen LogP contribution in [0.3, 0.4) is 0 Å². The number of amides is 2. The molecule has 0 aliphatic carbocycles. The number of carbonyl (C=O) groups is 2. The van der Waals surface area contributed by atoms with Gasteiger partial charge in [0.15, 0.2) is 5.76 Å². The minimum atomic E-state index is -4.56. The number of hydrogen-bond donors (Lipinski definition) is 0. The van der Waals surface area contributed by atoms with Gasteiger partial charge in [0.1, 0.15) is 0 Å². The molecule has 0 N–H and O–H groups in total. The molecule has 1 aromatic carbocycles. The van der Waals surface area contributed by atoms with E-state index < -0.39 is 27.7 Å². The topological polar surface area (TPSA) is 91.1 Å².